The van der Waals surface area contributed by atoms with Gasteiger partial charge in [0.25, 0.3) is 0 Å². The smallest absolute Gasteiger partial charge is 0.191 e. The van der Waals surface area contributed by atoms with Crippen LogP contribution in [-0.4, -0.2) is 38.0 Å². The minimum absolute atomic E-state index is 0. The van der Waals surface area contributed by atoms with Crippen LogP contribution in [-0.2, 0) is 19.5 Å². The first-order chi connectivity index (χ1) is 12.2. The highest BCUT2D eigenvalue weighted by Gasteiger charge is 2.03. The Morgan fingerprint density at radius 1 is 0.923 bits per heavy atom. The Kier molecular flexibility index (Phi) is 11.0. The van der Waals surface area contributed by atoms with Gasteiger partial charge in [-0.25, -0.2) is 4.99 Å². The van der Waals surface area contributed by atoms with Crippen LogP contribution < -0.4 is 10.6 Å². The van der Waals surface area contributed by atoms with Crippen molar-refractivity contribution < 1.29 is 0 Å². The largest absolute Gasteiger partial charge is 0.357 e. The predicted molar refractivity (Wildman–Crippen MR) is 122 cm³/mol. The van der Waals surface area contributed by atoms with Crippen LogP contribution in [0.3, 0.4) is 0 Å². The normalized spacial score (nSPS) is 11.2. The summed E-state index contributed by atoms with van der Waals surface area (Å²) >= 11 is 0. The third-order valence-electron chi connectivity index (χ3n) is 3.91. The van der Waals surface area contributed by atoms with Gasteiger partial charge in [0.2, 0.25) is 0 Å². The standard InChI is InChI=1S/C21H30N4.HI/c1-4-22-21(23-15-14-18-10-6-5-7-11-18)24-16-19-12-8-9-13-20(19)17-25(2)3;/h5-13H,4,14-17H2,1-3H3,(H2,22,23,24);1H. The second kappa shape index (κ2) is 12.7. The lowest BCUT2D eigenvalue weighted by atomic mass is 10.1. The first kappa shape index (κ1) is 22.4. The van der Waals surface area contributed by atoms with Crippen molar-refractivity contribution in [3.63, 3.8) is 0 Å². The Hall–Kier alpha value is -1.60. The van der Waals surface area contributed by atoms with E-state index in [0.717, 1.165) is 32.0 Å². The molecule has 0 bridgehead atoms. The zero-order chi connectivity index (χ0) is 17.9. The molecule has 4 nitrogen and oxygen atoms in total. The number of rotatable bonds is 8. The fraction of sp³-hybridized carbons (Fsp3) is 0.381. The van der Waals surface area contributed by atoms with E-state index in [1.807, 2.05) is 6.07 Å². The molecular formula is C21H31IN4. The summed E-state index contributed by atoms with van der Waals surface area (Å²) in [6.45, 7) is 5.44. The maximum atomic E-state index is 4.76. The minimum atomic E-state index is 0. The van der Waals surface area contributed by atoms with E-state index in [1.54, 1.807) is 0 Å². The van der Waals surface area contributed by atoms with E-state index in [0.29, 0.717) is 6.54 Å². The quantitative estimate of drug-likeness (QED) is 0.355. The molecule has 0 radical (unpaired) electrons. The third kappa shape index (κ3) is 8.19. The highest BCUT2D eigenvalue weighted by atomic mass is 127. The molecular weight excluding hydrogens is 435 g/mol. The van der Waals surface area contributed by atoms with Crippen LogP contribution in [0.4, 0.5) is 0 Å². The van der Waals surface area contributed by atoms with Crippen LogP contribution in [0.25, 0.3) is 0 Å². The van der Waals surface area contributed by atoms with E-state index in [9.17, 15) is 0 Å². The van der Waals surface area contributed by atoms with Gasteiger partial charge in [-0.3, -0.25) is 0 Å². The zero-order valence-corrected chi connectivity index (χ0v) is 18.4. The Morgan fingerprint density at radius 3 is 2.23 bits per heavy atom. The van der Waals surface area contributed by atoms with Crippen molar-refractivity contribution >= 4 is 29.9 Å². The highest BCUT2D eigenvalue weighted by molar-refractivity contribution is 14.0. The second-order valence-electron chi connectivity index (χ2n) is 6.36. The van der Waals surface area contributed by atoms with Gasteiger partial charge in [-0.15, -0.1) is 24.0 Å². The molecule has 0 amide bonds. The van der Waals surface area contributed by atoms with Gasteiger partial charge in [0, 0.05) is 19.6 Å². The molecule has 2 N–H and O–H groups in total. The fourth-order valence-electron chi connectivity index (χ4n) is 2.68. The van der Waals surface area contributed by atoms with Gasteiger partial charge in [-0.2, -0.15) is 0 Å². The van der Waals surface area contributed by atoms with E-state index in [1.165, 1.54) is 16.7 Å². The van der Waals surface area contributed by atoms with Gasteiger partial charge in [0.05, 0.1) is 6.54 Å². The summed E-state index contributed by atoms with van der Waals surface area (Å²) in [7, 11) is 4.19. The minimum Gasteiger partial charge on any atom is -0.357 e. The number of nitrogens with zero attached hydrogens (tertiary/aromatic N) is 2. The van der Waals surface area contributed by atoms with Gasteiger partial charge in [0.1, 0.15) is 0 Å². The summed E-state index contributed by atoms with van der Waals surface area (Å²) in [6.07, 6.45) is 0.989. The van der Waals surface area contributed by atoms with Crippen LogP contribution >= 0.6 is 24.0 Å². The molecule has 5 heteroatoms. The van der Waals surface area contributed by atoms with Gasteiger partial charge < -0.3 is 15.5 Å². The summed E-state index contributed by atoms with van der Waals surface area (Å²) in [4.78, 5) is 6.95. The molecule has 0 atom stereocenters. The number of hydrogen-bond acceptors (Lipinski definition) is 2. The van der Waals surface area contributed by atoms with E-state index in [4.69, 9.17) is 4.99 Å². The van der Waals surface area contributed by atoms with Crippen LogP contribution in [0.2, 0.25) is 0 Å². The topological polar surface area (TPSA) is 39.7 Å². The van der Waals surface area contributed by atoms with Crippen molar-refractivity contribution in [2.45, 2.75) is 26.4 Å². The lowest BCUT2D eigenvalue weighted by molar-refractivity contribution is 0.401. The Bertz CT molecular complexity index is 656. The predicted octanol–water partition coefficient (Wildman–Crippen LogP) is 3.66. The van der Waals surface area contributed by atoms with Gasteiger partial charge in [-0.1, -0.05) is 54.6 Å². The summed E-state index contributed by atoms with van der Waals surface area (Å²) in [5, 5.41) is 6.76. The van der Waals surface area contributed by atoms with Crippen molar-refractivity contribution in [2.75, 3.05) is 27.2 Å². The molecule has 0 heterocycles. The first-order valence-electron chi connectivity index (χ1n) is 8.96. The average molecular weight is 466 g/mol. The maximum absolute atomic E-state index is 4.76. The van der Waals surface area contributed by atoms with E-state index in [2.05, 4.69) is 85.1 Å². The Morgan fingerprint density at radius 2 is 1.58 bits per heavy atom. The monoisotopic (exact) mass is 466 g/mol. The first-order valence-corrected chi connectivity index (χ1v) is 8.96. The van der Waals surface area contributed by atoms with Crippen molar-refractivity contribution in [3.05, 3.63) is 71.3 Å². The van der Waals surface area contributed by atoms with Crippen LogP contribution in [0.15, 0.2) is 59.6 Å². The summed E-state index contributed by atoms with van der Waals surface area (Å²) in [6, 6.07) is 19.0. The number of benzene rings is 2. The SMILES string of the molecule is CCNC(=NCc1ccccc1CN(C)C)NCCc1ccccc1.I. The van der Waals surface area contributed by atoms with Crippen molar-refractivity contribution in [1.82, 2.24) is 15.5 Å². The Labute approximate surface area is 175 Å². The van der Waals surface area contributed by atoms with Crippen molar-refractivity contribution in [3.8, 4) is 0 Å². The van der Waals surface area contributed by atoms with E-state index < -0.39 is 0 Å². The molecule has 0 aliphatic heterocycles. The van der Waals surface area contributed by atoms with Crippen LogP contribution in [0, 0.1) is 0 Å². The summed E-state index contributed by atoms with van der Waals surface area (Å²) in [5.41, 5.74) is 3.94. The molecule has 0 fully saturated rings. The van der Waals surface area contributed by atoms with Crippen molar-refractivity contribution in [1.29, 1.82) is 0 Å². The molecule has 0 aliphatic rings. The van der Waals surface area contributed by atoms with E-state index >= 15 is 0 Å². The highest BCUT2D eigenvalue weighted by Crippen LogP contribution is 2.11. The molecule has 2 rings (SSSR count). The fourth-order valence-corrected chi connectivity index (χ4v) is 2.68. The van der Waals surface area contributed by atoms with Gasteiger partial charge in [0.15, 0.2) is 5.96 Å². The molecule has 0 saturated carbocycles. The number of hydrogen-bond donors (Lipinski definition) is 2. The van der Waals surface area contributed by atoms with Crippen LogP contribution in [0.1, 0.15) is 23.6 Å². The molecule has 0 aliphatic carbocycles. The molecule has 0 aromatic heterocycles. The second-order valence-corrected chi connectivity index (χ2v) is 6.36. The molecule has 0 saturated heterocycles. The average Bonchev–Trinajstić information content (AvgIpc) is 2.61. The summed E-state index contributed by atoms with van der Waals surface area (Å²) < 4.78 is 0. The number of nitrogens with one attached hydrogen (secondary N) is 2. The zero-order valence-electron chi connectivity index (χ0n) is 16.0. The molecule has 0 spiro atoms. The Balaban J connectivity index is 0.00000338. The van der Waals surface area contributed by atoms with Crippen LogP contribution in [0.5, 0.6) is 0 Å². The molecule has 26 heavy (non-hydrogen) atoms. The molecule has 2 aromatic carbocycles. The number of halogens is 1. The van der Waals surface area contributed by atoms with Gasteiger partial charge >= 0.3 is 0 Å². The number of aliphatic imine (C=N–C) groups is 1. The number of guanidine groups is 1. The molecule has 142 valence electrons. The lowest BCUT2D eigenvalue weighted by Gasteiger charge is -2.14. The lowest BCUT2D eigenvalue weighted by Crippen LogP contribution is -2.38. The van der Waals surface area contributed by atoms with Crippen molar-refractivity contribution in [2.24, 2.45) is 4.99 Å². The third-order valence-corrected chi connectivity index (χ3v) is 3.91. The van der Waals surface area contributed by atoms with Gasteiger partial charge in [-0.05, 0) is 44.1 Å². The van der Waals surface area contributed by atoms with E-state index in [-0.39, 0.29) is 24.0 Å². The maximum Gasteiger partial charge on any atom is 0.191 e. The molecule has 2 aromatic rings. The molecule has 0 unspecified atom stereocenters. The summed E-state index contributed by atoms with van der Waals surface area (Å²) in [5.74, 6) is 0.873.